The number of nitrogens with one attached hydrogen (secondary N) is 2. The third-order valence-corrected chi connectivity index (χ3v) is 1.90. The van der Waals surface area contributed by atoms with Crippen LogP contribution in [0.5, 0.6) is 0 Å². The molecule has 0 fully saturated rings. The molecule has 1 rings (SSSR count). The van der Waals surface area contributed by atoms with Crippen LogP contribution in [0.1, 0.15) is 5.56 Å². The minimum absolute atomic E-state index is 0.317. The van der Waals surface area contributed by atoms with Crippen LogP contribution in [0.15, 0.2) is 18.5 Å². The Morgan fingerprint density at radius 1 is 1.62 bits per heavy atom. The summed E-state index contributed by atoms with van der Waals surface area (Å²) in [5.41, 5.74) is 6.53. The lowest BCUT2D eigenvalue weighted by Crippen LogP contribution is -2.33. The van der Waals surface area contributed by atoms with E-state index in [0.717, 1.165) is 13.0 Å². The largest absolute Gasteiger partial charge is 0.390 e. The van der Waals surface area contributed by atoms with E-state index in [9.17, 15) is 0 Å². The van der Waals surface area contributed by atoms with Gasteiger partial charge in [-0.15, -0.1) is 0 Å². The van der Waals surface area contributed by atoms with Gasteiger partial charge in [-0.2, -0.15) is 0 Å². The van der Waals surface area contributed by atoms with Crippen molar-refractivity contribution in [3.63, 3.8) is 0 Å². The van der Waals surface area contributed by atoms with Gasteiger partial charge in [0.2, 0.25) is 0 Å². The van der Waals surface area contributed by atoms with E-state index in [1.54, 1.807) is 0 Å². The summed E-state index contributed by atoms with van der Waals surface area (Å²) in [6.45, 7) is 1.76. The molecule has 1 unspecified atom stereocenters. The Kier molecular flexibility index (Phi) is 4.53. The second-order valence-electron chi connectivity index (χ2n) is 3.06. The van der Waals surface area contributed by atoms with Gasteiger partial charge in [-0.3, -0.25) is 0 Å². The maximum atomic E-state index is 9.12. The quantitative estimate of drug-likeness (QED) is 0.448. The maximum absolute atomic E-state index is 9.12. The average Bonchev–Trinajstić information content (AvgIpc) is 2.64. The van der Waals surface area contributed by atoms with Crippen LogP contribution < -0.4 is 11.1 Å². The molecule has 4 heteroatoms. The third-order valence-electron chi connectivity index (χ3n) is 1.90. The van der Waals surface area contributed by atoms with E-state index in [1.807, 2.05) is 18.5 Å². The molecule has 0 spiro atoms. The highest BCUT2D eigenvalue weighted by molar-refractivity contribution is 5.08. The Hall–Kier alpha value is -0.840. The average molecular weight is 183 g/mol. The van der Waals surface area contributed by atoms with E-state index in [0.29, 0.717) is 13.1 Å². The minimum Gasteiger partial charge on any atom is -0.390 e. The normalized spacial score (nSPS) is 13.1. The molecule has 1 heterocycles. The molecule has 0 aromatic carbocycles. The SMILES string of the molecule is NCC(O)CNCCc1cc[nH]c1. The Balaban J connectivity index is 2.02. The summed E-state index contributed by atoms with van der Waals surface area (Å²) in [5.74, 6) is 0. The number of aromatic amines is 1. The number of H-pyrrole nitrogens is 1. The number of hydrogen-bond donors (Lipinski definition) is 4. The van der Waals surface area contributed by atoms with Gasteiger partial charge in [-0.05, 0) is 24.6 Å². The number of rotatable bonds is 6. The summed E-state index contributed by atoms with van der Waals surface area (Å²) < 4.78 is 0. The van der Waals surface area contributed by atoms with Crippen LogP contribution in [0.4, 0.5) is 0 Å². The first kappa shape index (κ1) is 10.2. The molecule has 4 nitrogen and oxygen atoms in total. The molecule has 1 aromatic rings. The second-order valence-corrected chi connectivity index (χ2v) is 3.06. The lowest BCUT2D eigenvalue weighted by molar-refractivity contribution is 0.180. The topological polar surface area (TPSA) is 74.1 Å². The van der Waals surface area contributed by atoms with Crippen LogP contribution in [0.3, 0.4) is 0 Å². The molecular weight excluding hydrogens is 166 g/mol. The van der Waals surface area contributed by atoms with Gasteiger partial charge in [-0.25, -0.2) is 0 Å². The zero-order valence-electron chi connectivity index (χ0n) is 7.66. The molecule has 0 amide bonds. The van der Waals surface area contributed by atoms with Crippen molar-refractivity contribution in [1.29, 1.82) is 0 Å². The number of nitrogens with two attached hydrogens (primary N) is 1. The van der Waals surface area contributed by atoms with Gasteiger partial charge in [0.25, 0.3) is 0 Å². The van der Waals surface area contributed by atoms with Gasteiger partial charge in [-0.1, -0.05) is 0 Å². The van der Waals surface area contributed by atoms with Crippen molar-refractivity contribution in [3.8, 4) is 0 Å². The van der Waals surface area contributed by atoms with Crippen molar-refractivity contribution in [1.82, 2.24) is 10.3 Å². The van der Waals surface area contributed by atoms with Crippen LogP contribution in [-0.4, -0.2) is 35.8 Å². The van der Waals surface area contributed by atoms with Crippen molar-refractivity contribution >= 4 is 0 Å². The maximum Gasteiger partial charge on any atom is 0.0786 e. The molecule has 74 valence electrons. The van der Waals surface area contributed by atoms with E-state index < -0.39 is 6.10 Å². The minimum atomic E-state index is -0.425. The number of hydrogen-bond acceptors (Lipinski definition) is 3. The predicted molar refractivity (Wildman–Crippen MR) is 52.4 cm³/mol. The highest BCUT2D eigenvalue weighted by atomic mass is 16.3. The molecule has 13 heavy (non-hydrogen) atoms. The molecule has 0 aliphatic rings. The Morgan fingerprint density at radius 2 is 2.46 bits per heavy atom. The highest BCUT2D eigenvalue weighted by Gasteiger charge is 1.99. The molecule has 0 saturated carbocycles. The van der Waals surface area contributed by atoms with Crippen molar-refractivity contribution in [2.24, 2.45) is 5.73 Å². The zero-order chi connectivity index (χ0) is 9.52. The first-order valence-corrected chi connectivity index (χ1v) is 4.53. The van der Waals surface area contributed by atoms with Gasteiger partial charge >= 0.3 is 0 Å². The summed E-state index contributed by atoms with van der Waals surface area (Å²) in [4.78, 5) is 2.99. The van der Waals surface area contributed by atoms with E-state index >= 15 is 0 Å². The number of aliphatic hydroxyl groups is 1. The van der Waals surface area contributed by atoms with Crippen molar-refractivity contribution in [2.45, 2.75) is 12.5 Å². The van der Waals surface area contributed by atoms with Crippen molar-refractivity contribution in [2.75, 3.05) is 19.6 Å². The lowest BCUT2D eigenvalue weighted by atomic mass is 10.2. The first-order chi connectivity index (χ1) is 6.33. The molecule has 0 aliphatic carbocycles. The van der Waals surface area contributed by atoms with Gasteiger partial charge < -0.3 is 21.1 Å². The van der Waals surface area contributed by atoms with Crippen LogP contribution in [0.2, 0.25) is 0 Å². The van der Waals surface area contributed by atoms with Crippen LogP contribution in [0, 0.1) is 0 Å². The molecule has 0 aliphatic heterocycles. The monoisotopic (exact) mass is 183 g/mol. The molecule has 0 saturated heterocycles. The van der Waals surface area contributed by atoms with E-state index in [4.69, 9.17) is 10.8 Å². The van der Waals surface area contributed by atoms with Crippen molar-refractivity contribution < 1.29 is 5.11 Å². The molecule has 5 N–H and O–H groups in total. The Morgan fingerprint density at radius 3 is 3.08 bits per heavy atom. The van der Waals surface area contributed by atoms with Crippen LogP contribution in [-0.2, 0) is 6.42 Å². The smallest absolute Gasteiger partial charge is 0.0786 e. The predicted octanol–water partition coefficient (Wildman–Crippen LogP) is -0.534. The Labute approximate surface area is 78.1 Å². The molecule has 0 bridgehead atoms. The van der Waals surface area contributed by atoms with Gasteiger partial charge in [0.1, 0.15) is 0 Å². The fourth-order valence-electron chi connectivity index (χ4n) is 1.10. The van der Waals surface area contributed by atoms with Gasteiger partial charge in [0, 0.05) is 25.5 Å². The number of aromatic nitrogens is 1. The summed E-state index contributed by atoms with van der Waals surface area (Å²) in [5, 5.41) is 12.3. The van der Waals surface area contributed by atoms with E-state index in [2.05, 4.69) is 10.3 Å². The fraction of sp³-hybridized carbons (Fsp3) is 0.556. The number of aliphatic hydroxyl groups excluding tert-OH is 1. The summed E-state index contributed by atoms with van der Waals surface area (Å²) in [6, 6.07) is 2.04. The first-order valence-electron chi connectivity index (χ1n) is 4.53. The van der Waals surface area contributed by atoms with E-state index in [-0.39, 0.29) is 0 Å². The molecule has 1 atom stereocenters. The zero-order valence-corrected chi connectivity index (χ0v) is 7.66. The van der Waals surface area contributed by atoms with Gasteiger partial charge in [0.15, 0.2) is 0 Å². The third kappa shape index (κ3) is 4.07. The standard InChI is InChI=1S/C9H17N3O/c10-5-9(13)7-12-4-2-8-1-3-11-6-8/h1,3,6,9,11-13H,2,4-5,7,10H2. The van der Waals surface area contributed by atoms with Gasteiger partial charge in [0.05, 0.1) is 6.10 Å². The van der Waals surface area contributed by atoms with Crippen molar-refractivity contribution in [3.05, 3.63) is 24.0 Å². The molecular formula is C9H17N3O. The van der Waals surface area contributed by atoms with Crippen LogP contribution >= 0.6 is 0 Å². The fourth-order valence-corrected chi connectivity index (χ4v) is 1.10. The summed E-state index contributed by atoms with van der Waals surface area (Å²) in [6.07, 6.45) is 4.43. The summed E-state index contributed by atoms with van der Waals surface area (Å²) >= 11 is 0. The summed E-state index contributed by atoms with van der Waals surface area (Å²) in [7, 11) is 0. The second kappa shape index (κ2) is 5.75. The molecule has 1 aromatic heterocycles. The molecule has 0 radical (unpaired) electrons. The highest BCUT2D eigenvalue weighted by Crippen LogP contribution is 1.95. The lowest BCUT2D eigenvalue weighted by Gasteiger charge is -2.08. The van der Waals surface area contributed by atoms with Crippen LogP contribution in [0.25, 0.3) is 0 Å². The van der Waals surface area contributed by atoms with E-state index in [1.165, 1.54) is 5.56 Å². The Bertz CT molecular complexity index is 211.